The van der Waals surface area contributed by atoms with Crippen LogP contribution in [0.4, 0.5) is 5.69 Å². The SMILES string of the molecule is O=C(O)/C=C/c1ccc(NC2CCCC2)cc1. The van der Waals surface area contributed by atoms with Crippen LogP contribution in [0.5, 0.6) is 0 Å². The van der Waals surface area contributed by atoms with Gasteiger partial charge in [-0.2, -0.15) is 0 Å². The van der Waals surface area contributed by atoms with Crippen LogP contribution in [0.15, 0.2) is 30.3 Å². The molecule has 0 amide bonds. The number of hydrogen-bond donors (Lipinski definition) is 2. The average molecular weight is 231 g/mol. The van der Waals surface area contributed by atoms with Gasteiger partial charge in [-0.1, -0.05) is 25.0 Å². The molecule has 0 saturated heterocycles. The molecule has 1 aliphatic rings. The van der Waals surface area contributed by atoms with Gasteiger partial charge in [-0.15, -0.1) is 0 Å². The molecule has 0 spiro atoms. The molecular weight excluding hydrogens is 214 g/mol. The molecule has 2 rings (SSSR count). The molecule has 1 saturated carbocycles. The highest BCUT2D eigenvalue weighted by Gasteiger charge is 2.13. The highest BCUT2D eigenvalue weighted by Crippen LogP contribution is 2.22. The van der Waals surface area contributed by atoms with Crippen molar-refractivity contribution in [3.63, 3.8) is 0 Å². The zero-order chi connectivity index (χ0) is 12.1. The van der Waals surface area contributed by atoms with Gasteiger partial charge in [0.15, 0.2) is 0 Å². The van der Waals surface area contributed by atoms with Crippen LogP contribution in [-0.2, 0) is 4.79 Å². The summed E-state index contributed by atoms with van der Waals surface area (Å²) in [5.41, 5.74) is 2.02. The number of benzene rings is 1. The van der Waals surface area contributed by atoms with Gasteiger partial charge in [-0.05, 0) is 36.6 Å². The first-order valence-electron chi connectivity index (χ1n) is 6.01. The Kier molecular flexibility index (Phi) is 3.81. The molecule has 1 aromatic rings. The Bertz CT molecular complexity index is 403. The predicted molar refractivity (Wildman–Crippen MR) is 69.0 cm³/mol. The normalized spacial score (nSPS) is 16.5. The number of anilines is 1. The second kappa shape index (κ2) is 5.53. The van der Waals surface area contributed by atoms with Crippen LogP contribution in [0.3, 0.4) is 0 Å². The predicted octanol–water partition coefficient (Wildman–Crippen LogP) is 3.14. The minimum Gasteiger partial charge on any atom is -0.478 e. The number of rotatable bonds is 4. The number of carboxylic acid groups (broad SMARTS) is 1. The van der Waals surface area contributed by atoms with Crippen LogP contribution in [0.2, 0.25) is 0 Å². The minimum atomic E-state index is -0.918. The van der Waals surface area contributed by atoms with Gasteiger partial charge in [0, 0.05) is 17.8 Å². The molecule has 90 valence electrons. The topological polar surface area (TPSA) is 49.3 Å². The summed E-state index contributed by atoms with van der Waals surface area (Å²) in [5, 5.41) is 12.0. The smallest absolute Gasteiger partial charge is 0.328 e. The van der Waals surface area contributed by atoms with E-state index in [2.05, 4.69) is 5.32 Å². The Balaban J connectivity index is 1.95. The first kappa shape index (κ1) is 11.7. The number of hydrogen-bond acceptors (Lipinski definition) is 2. The summed E-state index contributed by atoms with van der Waals surface area (Å²) in [4.78, 5) is 10.4. The molecule has 0 heterocycles. The molecule has 1 fully saturated rings. The maximum absolute atomic E-state index is 10.4. The lowest BCUT2D eigenvalue weighted by Gasteiger charge is -2.13. The molecule has 0 unspecified atom stereocenters. The summed E-state index contributed by atoms with van der Waals surface area (Å²) in [6.07, 6.45) is 7.89. The lowest BCUT2D eigenvalue weighted by Crippen LogP contribution is -2.14. The van der Waals surface area contributed by atoms with Crippen molar-refractivity contribution < 1.29 is 9.90 Å². The second-order valence-electron chi connectivity index (χ2n) is 4.42. The van der Waals surface area contributed by atoms with Gasteiger partial charge >= 0.3 is 5.97 Å². The molecule has 0 aliphatic heterocycles. The van der Waals surface area contributed by atoms with Crippen molar-refractivity contribution in [2.24, 2.45) is 0 Å². The van der Waals surface area contributed by atoms with Crippen molar-refractivity contribution in [1.82, 2.24) is 0 Å². The van der Waals surface area contributed by atoms with E-state index in [1.54, 1.807) is 6.08 Å². The van der Waals surface area contributed by atoms with Crippen molar-refractivity contribution >= 4 is 17.7 Å². The number of nitrogens with one attached hydrogen (secondary N) is 1. The first-order valence-corrected chi connectivity index (χ1v) is 6.01. The minimum absolute atomic E-state index is 0.607. The molecule has 0 aromatic heterocycles. The molecule has 0 radical (unpaired) electrons. The van der Waals surface area contributed by atoms with E-state index in [4.69, 9.17) is 5.11 Å². The quantitative estimate of drug-likeness (QED) is 0.783. The maximum atomic E-state index is 10.4. The number of aliphatic carboxylic acids is 1. The Morgan fingerprint density at radius 3 is 2.47 bits per heavy atom. The van der Waals surface area contributed by atoms with Crippen molar-refractivity contribution in [2.45, 2.75) is 31.7 Å². The highest BCUT2D eigenvalue weighted by molar-refractivity contribution is 5.85. The van der Waals surface area contributed by atoms with E-state index in [1.807, 2.05) is 24.3 Å². The molecular formula is C14H17NO2. The first-order chi connectivity index (χ1) is 8.24. The molecule has 2 N–H and O–H groups in total. The van der Waals surface area contributed by atoms with Crippen molar-refractivity contribution in [2.75, 3.05) is 5.32 Å². The molecule has 1 aromatic carbocycles. The fourth-order valence-electron chi connectivity index (χ4n) is 2.16. The van der Waals surface area contributed by atoms with E-state index in [0.717, 1.165) is 17.3 Å². The Morgan fingerprint density at radius 1 is 1.24 bits per heavy atom. The zero-order valence-corrected chi connectivity index (χ0v) is 9.73. The molecule has 0 bridgehead atoms. The Labute approximate surface area is 101 Å². The van der Waals surface area contributed by atoms with Crippen molar-refractivity contribution in [3.05, 3.63) is 35.9 Å². The summed E-state index contributed by atoms with van der Waals surface area (Å²) < 4.78 is 0. The number of carboxylic acids is 1. The van der Waals surface area contributed by atoms with E-state index < -0.39 is 5.97 Å². The zero-order valence-electron chi connectivity index (χ0n) is 9.73. The molecule has 0 atom stereocenters. The van der Waals surface area contributed by atoms with Gasteiger partial charge in [0.2, 0.25) is 0 Å². The molecule has 17 heavy (non-hydrogen) atoms. The van der Waals surface area contributed by atoms with Crippen LogP contribution >= 0.6 is 0 Å². The van der Waals surface area contributed by atoms with Crippen molar-refractivity contribution in [1.29, 1.82) is 0 Å². The Morgan fingerprint density at radius 2 is 1.88 bits per heavy atom. The van der Waals surface area contributed by atoms with Gasteiger partial charge in [-0.25, -0.2) is 4.79 Å². The molecule has 3 nitrogen and oxygen atoms in total. The average Bonchev–Trinajstić information content (AvgIpc) is 2.81. The summed E-state index contributed by atoms with van der Waals surface area (Å²) in [6, 6.07) is 8.46. The lowest BCUT2D eigenvalue weighted by molar-refractivity contribution is -0.131. The van der Waals surface area contributed by atoms with Crippen molar-refractivity contribution in [3.8, 4) is 0 Å². The van der Waals surface area contributed by atoms with E-state index >= 15 is 0 Å². The van der Waals surface area contributed by atoms with Crippen LogP contribution in [-0.4, -0.2) is 17.1 Å². The fourth-order valence-corrected chi connectivity index (χ4v) is 2.16. The number of carbonyl (C=O) groups is 1. The van der Waals surface area contributed by atoms with E-state index in [-0.39, 0.29) is 0 Å². The van der Waals surface area contributed by atoms with Crippen LogP contribution in [0.25, 0.3) is 6.08 Å². The standard InChI is InChI=1S/C14H17NO2/c16-14(17)10-7-11-5-8-13(9-6-11)15-12-3-1-2-4-12/h5-10,12,15H,1-4H2,(H,16,17)/b10-7+. The molecule has 3 heteroatoms. The summed E-state index contributed by atoms with van der Waals surface area (Å²) >= 11 is 0. The highest BCUT2D eigenvalue weighted by atomic mass is 16.4. The van der Waals surface area contributed by atoms with Crippen LogP contribution < -0.4 is 5.32 Å². The largest absolute Gasteiger partial charge is 0.478 e. The Hall–Kier alpha value is -1.77. The third-order valence-electron chi connectivity index (χ3n) is 3.06. The summed E-state index contributed by atoms with van der Waals surface area (Å²) in [6.45, 7) is 0. The third kappa shape index (κ3) is 3.63. The fraction of sp³-hybridized carbons (Fsp3) is 0.357. The lowest BCUT2D eigenvalue weighted by atomic mass is 10.1. The van der Waals surface area contributed by atoms with Gasteiger partial charge in [0.25, 0.3) is 0 Å². The van der Waals surface area contributed by atoms with Gasteiger partial charge < -0.3 is 10.4 Å². The monoisotopic (exact) mass is 231 g/mol. The third-order valence-corrected chi connectivity index (χ3v) is 3.06. The summed E-state index contributed by atoms with van der Waals surface area (Å²) in [5.74, 6) is -0.918. The van der Waals surface area contributed by atoms with Gasteiger partial charge in [-0.3, -0.25) is 0 Å². The van der Waals surface area contributed by atoms with Crippen LogP contribution in [0, 0.1) is 0 Å². The molecule has 1 aliphatic carbocycles. The summed E-state index contributed by atoms with van der Waals surface area (Å²) in [7, 11) is 0. The van der Waals surface area contributed by atoms with Gasteiger partial charge in [0.05, 0.1) is 0 Å². The van der Waals surface area contributed by atoms with E-state index in [0.29, 0.717) is 6.04 Å². The van der Waals surface area contributed by atoms with E-state index in [9.17, 15) is 4.79 Å². The maximum Gasteiger partial charge on any atom is 0.328 e. The van der Waals surface area contributed by atoms with Crippen LogP contribution in [0.1, 0.15) is 31.2 Å². The van der Waals surface area contributed by atoms with E-state index in [1.165, 1.54) is 25.7 Å². The van der Waals surface area contributed by atoms with Gasteiger partial charge in [0.1, 0.15) is 0 Å². The second-order valence-corrected chi connectivity index (χ2v) is 4.42.